The zero-order chi connectivity index (χ0) is 18.8. The Morgan fingerprint density at radius 2 is 2.07 bits per heavy atom. The van der Waals surface area contributed by atoms with E-state index in [1.54, 1.807) is 6.07 Å². The molecule has 0 atom stereocenters. The summed E-state index contributed by atoms with van der Waals surface area (Å²) in [6.45, 7) is 1.94. The van der Waals surface area contributed by atoms with E-state index in [1.807, 2.05) is 25.3 Å². The molecule has 8 heteroatoms. The molecule has 0 fully saturated rings. The maximum absolute atomic E-state index is 14.1. The van der Waals surface area contributed by atoms with Gasteiger partial charge in [-0.3, -0.25) is 4.90 Å². The van der Waals surface area contributed by atoms with Gasteiger partial charge in [-0.2, -0.15) is 0 Å². The minimum Gasteiger partial charge on any atom is -0.367 e. The molecular formula is C19H18ClFN6. The second-order valence-electron chi connectivity index (χ2n) is 6.38. The summed E-state index contributed by atoms with van der Waals surface area (Å²) in [6, 6.07) is 6.81. The zero-order valence-corrected chi connectivity index (χ0v) is 15.5. The fourth-order valence-corrected chi connectivity index (χ4v) is 3.11. The number of nitrogens with one attached hydrogen (secondary N) is 2. The summed E-state index contributed by atoms with van der Waals surface area (Å²) in [5, 5.41) is 6.58. The van der Waals surface area contributed by atoms with Crippen molar-refractivity contribution in [1.29, 1.82) is 0 Å². The predicted molar refractivity (Wildman–Crippen MR) is 106 cm³/mol. The molecule has 2 bridgehead atoms. The number of nitrogens with zero attached hydrogens (tertiary/aromatic N) is 4. The van der Waals surface area contributed by atoms with Crippen molar-refractivity contribution in [2.45, 2.75) is 6.54 Å². The molecular weight excluding hydrogens is 367 g/mol. The molecule has 4 rings (SSSR count). The van der Waals surface area contributed by atoms with Crippen LogP contribution < -0.4 is 10.6 Å². The van der Waals surface area contributed by atoms with Gasteiger partial charge in [0.2, 0.25) is 0 Å². The standard InChI is InChI=1S/C19H18ClFN6/c1-27-7-3-2-6-22-17-5-4-15-18(26-17)19(24-11-23-15)25-16-9-13(20)14(21)8-12(16)10-27/h2-5,8-9,11H,6-7,10H2,1H3,(H,22,26)(H,23,24,25)/b3-2+. The number of rotatable bonds is 0. The van der Waals surface area contributed by atoms with Gasteiger partial charge in [0.05, 0.1) is 10.5 Å². The normalized spacial score (nSPS) is 16.3. The van der Waals surface area contributed by atoms with Crippen LogP contribution in [0.25, 0.3) is 11.0 Å². The molecule has 0 radical (unpaired) electrons. The van der Waals surface area contributed by atoms with Crippen molar-refractivity contribution in [3.8, 4) is 0 Å². The topological polar surface area (TPSA) is 66.0 Å². The van der Waals surface area contributed by atoms with Gasteiger partial charge in [-0.05, 0) is 36.9 Å². The van der Waals surface area contributed by atoms with Gasteiger partial charge in [0, 0.05) is 25.3 Å². The van der Waals surface area contributed by atoms with Gasteiger partial charge in [0.1, 0.15) is 23.5 Å². The molecule has 138 valence electrons. The molecule has 2 N–H and O–H groups in total. The van der Waals surface area contributed by atoms with Crippen LogP contribution in [-0.2, 0) is 6.54 Å². The number of pyridine rings is 1. The maximum atomic E-state index is 14.1. The molecule has 6 nitrogen and oxygen atoms in total. The molecule has 2 aromatic heterocycles. The monoisotopic (exact) mass is 384 g/mol. The number of fused-ring (bicyclic) bond motifs is 2. The van der Waals surface area contributed by atoms with Crippen molar-refractivity contribution in [3.63, 3.8) is 0 Å². The molecule has 0 spiro atoms. The van der Waals surface area contributed by atoms with Crippen LogP contribution in [0.4, 0.5) is 21.7 Å². The maximum Gasteiger partial charge on any atom is 0.160 e. The highest BCUT2D eigenvalue weighted by Crippen LogP contribution is 2.30. The zero-order valence-electron chi connectivity index (χ0n) is 14.7. The Balaban J connectivity index is 1.86. The lowest BCUT2D eigenvalue weighted by atomic mass is 10.1. The van der Waals surface area contributed by atoms with E-state index in [2.05, 4.69) is 36.6 Å². The highest BCUT2D eigenvalue weighted by molar-refractivity contribution is 6.31. The van der Waals surface area contributed by atoms with E-state index in [0.717, 1.165) is 17.9 Å². The average molecular weight is 385 g/mol. The van der Waals surface area contributed by atoms with Crippen molar-refractivity contribution >= 4 is 40.0 Å². The van der Waals surface area contributed by atoms with Crippen molar-refractivity contribution < 1.29 is 4.39 Å². The molecule has 0 saturated carbocycles. The third-order valence-corrected chi connectivity index (χ3v) is 4.60. The van der Waals surface area contributed by atoms with Crippen LogP contribution in [0.1, 0.15) is 5.56 Å². The van der Waals surface area contributed by atoms with E-state index in [-0.39, 0.29) is 5.02 Å². The predicted octanol–water partition coefficient (Wildman–Crippen LogP) is 3.97. The first-order valence-corrected chi connectivity index (χ1v) is 8.92. The van der Waals surface area contributed by atoms with Gasteiger partial charge in [0.25, 0.3) is 0 Å². The quantitative estimate of drug-likeness (QED) is 0.572. The average Bonchev–Trinajstić information content (AvgIpc) is 2.65. The minimum absolute atomic E-state index is 0.0543. The molecule has 0 aliphatic carbocycles. The Hall–Kier alpha value is -2.77. The Morgan fingerprint density at radius 1 is 1.19 bits per heavy atom. The Labute approximate surface area is 161 Å². The van der Waals surface area contributed by atoms with Crippen LogP contribution >= 0.6 is 11.6 Å². The van der Waals surface area contributed by atoms with Crippen molar-refractivity contribution in [1.82, 2.24) is 19.9 Å². The van der Waals surface area contributed by atoms with E-state index < -0.39 is 5.82 Å². The number of likely N-dealkylation sites (N-methyl/N-ethyl adjacent to an activating group) is 1. The minimum atomic E-state index is -0.445. The summed E-state index contributed by atoms with van der Waals surface area (Å²) in [4.78, 5) is 15.3. The van der Waals surface area contributed by atoms with Crippen LogP contribution in [0.3, 0.4) is 0 Å². The first-order valence-electron chi connectivity index (χ1n) is 8.54. The van der Waals surface area contributed by atoms with Crippen molar-refractivity contribution in [2.75, 3.05) is 30.8 Å². The highest BCUT2D eigenvalue weighted by atomic mass is 35.5. The molecule has 1 aliphatic rings. The van der Waals surface area contributed by atoms with Crippen molar-refractivity contribution in [2.24, 2.45) is 0 Å². The Morgan fingerprint density at radius 3 is 2.96 bits per heavy atom. The summed E-state index contributed by atoms with van der Waals surface area (Å²) in [6.07, 6.45) is 5.58. The summed E-state index contributed by atoms with van der Waals surface area (Å²) >= 11 is 6.03. The lowest BCUT2D eigenvalue weighted by Gasteiger charge is -2.19. The molecule has 3 heterocycles. The lowest BCUT2D eigenvalue weighted by Crippen LogP contribution is -2.19. The third kappa shape index (κ3) is 3.84. The molecule has 1 aromatic carbocycles. The molecule has 0 unspecified atom stereocenters. The number of benzene rings is 1. The van der Waals surface area contributed by atoms with Crippen LogP contribution in [0.2, 0.25) is 5.02 Å². The second kappa shape index (κ2) is 7.46. The van der Waals surface area contributed by atoms with E-state index >= 15 is 0 Å². The fraction of sp³-hybridized carbons (Fsp3) is 0.211. The van der Waals surface area contributed by atoms with E-state index in [4.69, 9.17) is 11.6 Å². The summed E-state index contributed by atoms with van der Waals surface area (Å²) in [5.74, 6) is 0.829. The number of hydrogen-bond acceptors (Lipinski definition) is 6. The Bertz CT molecular complexity index is 1020. The van der Waals surface area contributed by atoms with Gasteiger partial charge >= 0.3 is 0 Å². The largest absolute Gasteiger partial charge is 0.367 e. The second-order valence-corrected chi connectivity index (χ2v) is 6.79. The third-order valence-electron chi connectivity index (χ3n) is 4.31. The van der Waals surface area contributed by atoms with Crippen LogP contribution in [0.5, 0.6) is 0 Å². The summed E-state index contributed by atoms with van der Waals surface area (Å²) in [5.41, 5.74) is 2.82. The first-order chi connectivity index (χ1) is 13.1. The number of hydrogen-bond donors (Lipinski definition) is 2. The van der Waals surface area contributed by atoms with E-state index in [9.17, 15) is 4.39 Å². The molecule has 27 heavy (non-hydrogen) atoms. The number of halogens is 2. The van der Waals surface area contributed by atoms with E-state index in [1.165, 1.54) is 12.4 Å². The van der Waals surface area contributed by atoms with E-state index in [0.29, 0.717) is 35.6 Å². The molecule has 1 aliphatic heterocycles. The smallest absolute Gasteiger partial charge is 0.160 e. The number of anilines is 3. The lowest BCUT2D eigenvalue weighted by molar-refractivity contribution is 0.363. The van der Waals surface area contributed by atoms with Gasteiger partial charge in [-0.25, -0.2) is 19.3 Å². The molecule has 3 aromatic rings. The summed E-state index contributed by atoms with van der Waals surface area (Å²) in [7, 11) is 1.98. The first kappa shape index (κ1) is 17.6. The van der Waals surface area contributed by atoms with Crippen LogP contribution in [-0.4, -0.2) is 40.0 Å². The SMILES string of the molecule is CN1C/C=C/CNc2ccc3ncnc(c3n2)Nc2cc(Cl)c(F)cc2C1. The Kier molecular flexibility index (Phi) is 4.87. The van der Waals surface area contributed by atoms with Gasteiger partial charge < -0.3 is 10.6 Å². The van der Waals surface area contributed by atoms with Crippen molar-refractivity contribution in [3.05, 3.63) is 59.1 Å². The van der Waals surface area contributed by atoms with Gasteiger partial charge in [-0.15, -0.1) is 0 Å². The molecule has 0 saturated heterocycles. The van der Waals surface area contributed by atoms with Gasteiger partial charge in [-0.1, -0.05) is 23.8 Å². The summed E-state index contributed by atoms with van der Waals surface area (Å²) < 4.78 is 14.1. The highest BCUT2D eigenvalue weighted by Gasteiger charge is 2.14. The van der Waals surface area contributed by atoms with Crippen LogP contribution in [0.15, 0.2) is 42.7 Å². The van der Waals surface area contributed by atoms with Gasteiger partial charge in [0.15, 0.2) is 5.82 Å². The number of aromatic nitrogens is 3. The van der Waals surface area contributed by atoms with Crippen LogP contribution in [0, 0.1) is 5.82 Å². The fourth-order valence-electron chi connectivity index (χ4n) is 2.95. The molecule has 0 amide bonds.